The number of hydrogen-bond acceptors (Lipinski definition) is 6. The molecule has 0 fully saturated rings. The summed E-state index contributed by atoms with van der Waals surface area (Å²) in [5.74, 6) is -2.83. The summed E-state index contributed by atoms with van der Waals surface area (Å²) in [4.78, 5) is 0. The zero-order valence-electron chi connectivity index (χ0n) is 12.4. The van der Waals surface area contributed by atoms with Crippen LogP contribution in [0.25, 0.3) is 0 Å². The first-order chi connectivity index (χ1) is 8.57. The Morgan fingerprint density at radius 1 is 0.778 bits per heavy atom. The van der Waals surface area contributed by atoms with Crippen LogP contribution in [0.15, 0.2) is 0 Å². The van der Waals surface area contributed by atoms with Gasteiger partial charge >= 0.3 is 5.97 Å². The van der Waals surface area contributed by atoms with Crippen molar-refractivity contribution in [1.82, 2.24) is 0 Å². The lowest BCUT2D eigenvalue weighted by molar-refractivity contribution is -0.491. The van der Waals surface area contributed by atoms with Crippen molar-refractivity contribution in [3.05, 3.63) is 0 Å². The fourth-order valence-electron chi connectivity index (χ4n) is 2.20. The molecule has 6 nitrogen and oxygen atoms in total. The van der Waals surface area contributed by atoms with Crippen molar-refractivity contribution >= 4 is 0 Å². The largest absolute Gasteiger partial charge is 0.375 e. The number of ether oxygens (including phenoxy) is 6. The van der Waals surface area contributed by atoms with Crippen LogP contribution in [-0.2, 0) is 28.4 Å². The van der Waals surface area contributed by atoms with Gasteiger partial charge in [-0.25, -0.2) is 0 Å². The smallest absolute Gasteiger partial charge is 0.342 e. The lowest BCUT2D eigenvalue weighted by Gasteiger charge is -2.47. The van der Waals surface area contributed by atoms with Crippen LogP contribution < -0.4 is 0 Å². The molecule has 0 saturated heterocycles. The third kappa shape index (κ3) is 2.84. The normalized spacial score (nSPS) is 14.8. The first-order valence-electron chi connectivity index (χ1n) is 5.86. The van der Waals surface area contributed by atoms with Crippen molar-refractivity contribution in [2.75, 3.05) is 42.7 Å². The average Bonchev–Trinajstić information content (AvgIpc) is 2.43. The van der Waals surface area contributed by atoms with Crippen LogP contribution >= 0.6 is 0 Å². The highest BCUT2D eigenvalue weighted by Gasteiger charge is 2.61. The first kappa shape index (κ1) is 17.8. The van der Waals surface area contributed by atoms with Gasteiger partial charge in [-0.05, 0) is 6.42 Å². The SMILES string of the molecule is CCCC(OC)C(OC)(OC)C(OC)(OC)OC. The molecular weight excluding hydrogens is 240 g/mol. The topological polar surface area (TPSA) is 55.4 Å². The van der Waals surface area contributed by atoms with E-state index in [1.54, 1.807) is 7.11 Å². The van der Waals surface area contributed by atoms with E-state index in [2.05, 4.69) is 0 Å². The van der Waals surface area contributed by atoms with Gasteiger partial charge in [-0.3, -0.25) is 0 Å². The Hall–Kier alpha value is -0.240. The van der Waals surface area contributed by atoms with Crippen LogP contribution in [0, 0.1) is 0 Å². The maximum absolute atomic E-state index is 5.51. The van der Waals surface area contributed by atoms with Gasteiger partial charge < -0.3 is 28.4 Å². The maximum Gasteiger partial charge on any atom is 0.342 e. The van der Waals surface area contributed by atoms with Crippen LogP contribution in [0.2, 0.25) is 0 Å². The Morgan fingerprint density at radius 2 is 1.22 bits per heavy atom. The molecule has 0 N–H and O–H groups in total. The van der Waals surface area contributed by atoms with Gasteiger partial charge in [0.1, 0.15) is 6.10 Å². The standard InChI is InChI=1S/C12H26O6/c1-8-9-10(13-2)11(14-3,15-4)12(16-5,17-6)18-7/h10H,8-9H2,1-7H3. The van der Waals surface area contributed by atoms with Crippen molar-refractivity contribution in [2.45, 2.75) is 37.6 Å². The molecule has 18 heavy (non-hydrogen) atoms. The number of hydrogen-bond donors (Lipinski definition) is 0. The summed E-state index contributed by atoms with van der Waals surface area (Å²) in [6, 6.07) is 0. The minimum absolute atomic E-state index is 0.405. The Labute approximate surface area is 109 Å². The van der Waals surface area contributed by atoms with Crippen LogP contribution in [0.4, 0.5) is 0 Å². The third-order valence-corrected chi connectivity index (χ3v) is 3.10. The summed E-state index contributed by atoms with van der Waals surface area (Å²) in [6.07, 6.45) is 1.19. The van der Waals surface area contributed by atoms with Crippen molar-refractivity contribution < 1.29 is 28.4 Å². The van der Waals surface area contributed by atoms with E-state index >= 15 is 0 Å². The Bertz CT molecular complexity index is 204. The average molecular weight is 266 g/mol. The van der Waals surface area contributed by atoms with Crippen molar-refractivity contribution in [3.8, 4) is 0 Å². The van der Waals surface area contributed by atoms with E-state index in [9.17, 15) is 0 Å². The van der Waals surface area contributed by atoms with Gasteiger partial charge in [0.2, 0.25) is 0 Å². The van der Waals surface area contributed by atoms with Gasteiger partial charge in [0.15, 0.2) is 0 Å². The van der Waals surface area contributed by atoms with E-state index in [4.69, 9.17) is 28.4 Å². The molecule has 0 aliphatic rings. The van der Waals surface area contributed by atoms with E-state index in [1.165, 1.54) is 35.5 Å². The van der Waals surface area contributed by atoms with E-state index in [0.717, 1.165) is 6.42 Å². The highest BCUT2D eigenvalue weighted by molar-refractivity contribution is 4.89. The summed E-state index contributed by atoms with van der Waals surface area (Å²) in [6.45, 7) is 2.04. The van der Waals surface area contributed by atoms with Crippen LogP contribution in [0.1, 0.15) is 19.8 Å². The third-order valence-electron chi connectivity index (χ3n) is 3.10. The molecule has 0 radical (unpaired) electrons. The zero-order chi connectivity index (χ0) is 14.2. The first-order valence-corrected chi connectivity index (χ1v) is 5.86. The molecule has 0 aliphatic heterocycles. The van der Waals surface area contributed by atoms with E-state index in [1.807, 2.05) is 6.92 Å². The minimum Gasteiger partial charge on any atom is -0.375 e. The van der Waals surface area contributed by atoms with Gasteiger partial charge in [0, 0.05) is 42.7 Å². The highest BCUT2D eigenvalue weighted by Crippen LogP contribution is 2.37. The molecule has 0 bridgehead atoms. The van der Waals surface area contributed by atoms with Gasteiger partial charge in [-0.15, -0.1) is 0 Å². The number of methoxy groups -OCH3 is 6. The fourth-order valence-corrected chi connectivity index (χ4v) is 2.20. The van der Waals surface area contributed by atoms with E-state index < -0.39 is 17.9 Å². The molecule has 110 valence electrons. The summed E-state index contributed by atoms with van der Waals surface area (Å²) < 4.78 is 32.5. The molecule has 0 aromatic carbocycles. The Balaban J connectivity index is 5.57. The molecule has 0 aliphatic carbocycles. The molecule has 0 aromatic rings. The van der Waals surface area contributed by atoms with Crippen LogP contribution in [0.3, 0.4) is 0 Å². The molecule has 6 heteroatoms. The van der Waals surface area contributed by atoms with Gasteiger partial charge in [-0.2, -0.15) is 0 Å². The van der Waals surface area contributed by atoms with Crippen LogP contribution in [-0.4, -0.2) is 60.5 Å². The summed E-state index contributed by atoms with van der Waals surface area (Å²) >= 11 is 0. The van der Waals surface area contributed by atoms with Crippen molar-refractivity contribution in [2.24, 2.45) is 0 Å². The number of rotatable bonds is 10. The van der Waals surface area contributed by atoms with E-state index in [0.29, 0.717) is 6.42 Å². The quantitative estimate of drug-likeness (QED) is 0.557. The van der Waals surface area contributed by atoms with Gasteiger partial charge in [0.25, 0.3) is 5.79 Å². The second-order valence-corrected chi connectivity index (χ2v) is 3.76. The summed E-state index contributed by atoms with van der Waals surface area (Å²) in [7, 11) is 8.95. The predicted molar refractivity (Wildman–Crippen MR) is 66.2 cm³/mol. The fraction of sp³-hybridized carbons (Fsp3) is 1.00. The van der Waals surface area contributed by atoms with Crippen molar-refractivity contribution in [1.29, 1.82) is 0 Å². The maximum atomic E-state index is 5.51. The van der Waals surface area contributed by atoms with Gasteiger partial charge in [0.05, 0.1) is 0 Å². The Kier molecular flexibility index (Phi) is 7.93. The lowest BCUT2D eigenvalue weighted by atomic mass is 10.0. The molecule has 0 heterocycles. The second kappa shape index (κ2) is 8.04. The lowest BCUT2D eigenvalue weighted by Crippen LogP contribution is -2.66. The molecule has 0 aromatic heterocycles. The predicted octanol–water partition coefficient (Wildman–Crippen LogP) is 1.38. The molecule has 0 amide bonds. The molecule has 1 unspecified atom stereocenters. The molecule has 0 rings (SSSR count). The van der Waals surface area contributed by atoms with Crippen LogP contribution in [0.5, 0.6) is 0 Å². The van der Waals surface area contributed by atoms with E-state index in [-0.39, 0.29) is 0 Å². The van der Waals surface area contributed by atoms with Gasteiger partial charge in [-0.1, -0.05) is 13.3 Å². The molecule has 0 spiro atoms. The zero-order valence-corrected chi connectivity index (χ0v) is 12.4. The minimum atomic E-state index is -1.51. The second-order valence-electron chi connectivity index (χ2n) is 3.76. The molecule has 0 saturated carbocycles. The molecule has 1 atom stereocenters. The van der Waals surface area contributed by atoms with Crippen molar-refractivity contribution in [3.63, 3.8) is 0 Å². The summed E-state index contributed by atoms with van der Waals surface area (Å²) in [5.41, 5.74) is 0. The molecular formula is C12H26O6. The highest BCUT2D eigenvalue weighted by atomic mass is 16.9. The monoisotopic (exact) mass is 266 g/mol. The summed E-state index contributed by atoms with van der Waals surface area (Å²) in [5, 5.41) is 0. The Morgan fingerprint density at radius 3 is 1.44 bits per heavy atom.